The summed E-state index contributed by atoms with van der Waals surface area (Å²) in [4.78, 5) is 0. The predicted molar refractivity (Wildman–Crippen MR) is 91.5 cm³/mol. The van der Waals surface area contributed by atoms with E-state index in [1.165, 1.54) is 12.0 Å². The summed E-state index contributed by atoms with van der Waals surface area (Å²) in [6.07, 6.45) is 16.1. The van der Waals surface area contributed by atoms with Crippen LogP contribution in [0.1, 0.15) is 65.2 Å². The number of hydrogen-bond donors (Lipinski definition) is 2. The molecule has 24 heavy (non-hydrogen) atoms. The molecule has 1 radical (unpaired) electrons. The Balaban J connectivity index is 0.00000169. The van der Waals surface area contributed by atoms with Crippen LogP contribution in [0.25, 0.3) is 0 Å². The van der Waals surface area contributed by atoms with Crippen LogP contribution >= 0.6 is 0 Å². The minimum Gasteiger partial charge on any atom is -0.393 e. The van der Waals surface area contributed by atoms with Crippen molar-refractivity contribution in [1.82, 2.24) is 0 Å². The molecule has 2 nitrogen and oxygen atoms in total. The van der Waals surface area contributed by atoms with Gasteiger partial charge in [0.05, 0.1) is 6.10 Å². The number of hydrogen-bond acceptors (Lipinski definition) is 2. The smallest absolute Gasteiger partial charge is 0.130 e. The molecule has 3 saturated carbocycles. The average molecular weight is 541 g/mol. The second-order valence-corrected chi connectivity index (χ2v) is 9.16. The van der Waals surface area contributed by atoms with E-state index in [0.29, 0.717) is 17.8 Å². The zero-order valence-corrected chi connectivity index (χ0v) is 19.8. The van der Waals surface area contributed by atoms with Crippen LogP contribution in [-0.4, -0.2) is 21.9 Å². The first-order valence-corrected chi connectivity index (χ1v) is 9.42. The Bertz CT molecular complexity index is 593. The minimum atomic E-state index is -0.906. The fraction of sp³-hybridized carbons (Fsp3) is 0.810. The summed E-state index contributed by atoms with van der Waals surface area (Å²) < 4.78 is 0. The van der Waals surface area contributed by atoms with Gasteiger partial charge in [-0.2, -0.15) is 0 Å². The zero-order valence-electron chi connectivity index (χ0n) is 15.1. The minimum absolute atomic E-state index is 0. The molecule has 7 atom stereocenters. The maximum atomic E-state index is 11.0. The third-order valence-corrected chi connectivity index (χ3v) is 8.47. The fourth-order valence-corrected chi connectivity index (χ4v) is 6.89. The monoisotopic (exact) mass is 541 g/mol. The van der Waals surface area contributed by atoms with Crippen molar-refractivity contribution in [3.05, 3.63) is 11.6 Å². The van der Waals surface area contributed by atoms with Crippen molar-refractivity contribution in [2.75, 3.05) is 0 Å². The molecule has 0 saturated heterocycles. The molecule has 0 aromatic rings. The quantitative estimate of drug-likeness (QED) is 0.363. The molecule has 4 aliphatic rings. The van der Waals surface area contributed by atoms with E-state index in [1.807, 2.05) is 0 Å². The summed E-state index contributed by atoms with van der Waals surface area (Å²) in [5, 5.41) is 21.0. The molecule has 0 bridgehead atoms. The normalized spacial score (nSPS) is 52.9. The molecular formula is C21H30AcO2. The predicted octanol–water partition coefficient (Wildman–Crippen LogP) is 3.67. The van der Waals surface area contributed by atoms with Crippen molar-refractivity contribution >= 4 is 0 Å². The number of rotatable bonds is 0. The standard InChI is InChI=1S/C21H30O2.Ac/c1-4-21(23)12-9-18-16-6-5-14-13-15(22)7-10-19(14,2)17(16)8-11-20(18,21)3;/h1,5,15-18,22-23H,6-13H2,2-3H3;. The van der Waals surface area contributed by atoms with Crippen molar-refractivity contribution in [3.8, 4) is 12.3 Å². The second-order valence-electron chi connectivity index (χ2n) is 9.16. The van der Waals surface area contributed by atoms with Gasteiger partial charge in [-0.05, 0) is 74.5 Å². The maximum Gasteiger partial charge on any atom is 0.130 e. The first-order valence-electron chi connectivity index (χ1n) is 9.42. The van der Waals surface area contributed by atoms with Crippen LogP contribution in [0.3, 0.4) is 0 Å². The third kappa shape index (κ3) is 2.47. The van der Waals surface area contributed by atoms with Crippen molar-refractivity contribution in [3.63, 3.8) is 0 Å². The SMILES string of the molecule is C#CC1(O)CCC2C3CC=C4CC(O)CCC4(C)C3CCC21C.[Ac]. The number of aliphatic hydroxyl groups is 2. The Labute approximate surface area is 182 Å². The van der Waals surface area contributed by atoms with E-state index >= 15 is 0 Å². The van der Waals surface area contributed by atoms with Gasteiger partial charge in [-0.1, -0.05) is 31.4 Å². The summed E-state index contributed by atoms with van der Waals surface area (Å²) in [5.41, 5.74) is 0.751. The molecule has 0 heterocycles. The van der Waals surface area contributed by atoms with Crippen molar-refractivity contribution in [2.45, 2.75) is 76.9 Å². The molecule has 129 valence electrons. The van der Waals surface area contributed by atoms with Crippen LogP contribution in [0, 0.1) is 85.0 Å². The first kappa shape index (κ1) is 19.4. The summed E-state index contributed by atoms with van der Waals surface area (Å²) >= 11 is 0. The molecule has 0 aromatic heterocycles. The summed E-state index contributed by atoms with van der Waals surface area (Å²) in [7, 11) is 0. The Hall–Kier alpha value is 0.662. The molecule has 0 amide bonds. The summed E-state index contributed by atoms with van der Waals surface area (Å²) in [5.74, 6) is 4.65. The van der Waals surface area contributed by atoms with Gasteiger partial charge in [0.25, 0.3) is 0 Å². The van der Waals surface area contributed by atoms with E-state index in [2.05, 4.69) is 25.8 Å². The molecule has 7 unspecified atom stereocenters. The molecule has 0 aliphatic heterocycles. The van der Waals surface area contributed by atoms with E-state index in [4.69, 9.17) is 6.42 Å². The number of terminal acetylenes is 1. The van der Waals surface area contributed by atoms with Crippen LogP contribution < -0.4 is 0 Å². The van der Waals surface area contributed by atoms with Crippen LogP contribution in [0.4, 0.5) is 0 Å². The summed E-state index contributed by atoms with van der Waals surface area (Å²) in [6, 6.07) is 0. The number of aliphatic hydroxyl groups excluding tert-OH is 1. The molecule has 2 N–H and O–H groups in total. The van der Waals surface area contributed by atoms with Crippen molar-refractivity contribution in [1.29, 1.82) is 0 Å². The Morgan fingerprint density at radius 2 is 1.83 bits per heavy atom. The van der Waals surface area contributed by atoms with Gasteiger partial charge in [-0.3, -0.25) is 0 Å². The second kappa shape index (κ2) is 6.37. The van der Waals surface area contributed by atoms with Crippen LogP contribution in [0.2, 0.25) is 0 Å². The van der Waals surface area contributed by atoms with Crippen LogP contribution in [-0.2, 0) is 0 Å². The van der Waals surface area contributed by atoms with Crippen molar-refractivity contribution < 1.29 is 54.3 Å². The van der Waals surface area contributed by atoms with E-state index < -0.39 is 5.60 Å². The fourth-order valence-electron chi connectivity index (χ4n) is 6.89. The van der Waals surface area contributed by atoms with E-state index in [1.54, 1.807) is 0 Å². The van der Waals surface area contributed by atoms with Gasteiger partial charge < -0.3 is 10.2 Å². The first-order chi connectivity index (χ1) is 10.8. The number of allylic oxidation sites excluding steroid dienone is 1. The summed E-state index contributed by atoms with van der Waals surface area (Å²) in [6.45, 7) is 4.68. The van der Waals surface area contributed by atoms with Gasteiger partial charge in [0.15, 0.2) is 0 Å². The molecule has 4 rings (SSSR count). The van der Waals surface area contributed by atoms with Gasteiger partial charge >= 0.3 is 0 Å². The molecule has 3 heteroatoms. The Morgan fingerprint density at radius 3 is 2.54 bits per heavy atom. The molecule has 0 spiro atoms. The Morgan fingerprint density at radius 1 is 1.12 bits per heavy atom. The zero-order chi connectivity index (χ0) is 16.5. The molecule has 4 aliphatic carbocycles. The largest absolute Gasteiger partial charge is 0.393 e. The van der Waals surface area contributed by atoms with E-state index in [-0.39, 0.29) is 61.0 Å². The number of fused-ring (bicyclic) bond motifs is 5. The van der Waals surface area contributed by atoms with Gasteiger partial charge in [0.2, 0.25) is 0 Å². The molecule has 3 fully saturated rings. The maximum absolute atomic E-state index is 11.0. The Kier molecular flexibility index (Phi) is 5.16. The topological polar surface area (TPSA) is 40.5 Å². The van der Waals surface area contributed by atoms with Crippen LogP contribution in [0.15, 0.2) is 11.6 Å². The molecular weight excluding hydrogens is 511 g/mol. The van der Waals surface area contributed by atoms with E-state index in [9.17, 15) is 10.2 Å². The third-order valence-electron chi connectivity index (χ3n) is 8.47. The van der Waals surface area contributed by atoms with Gasteiger partial charge in [0, 0.05) is 49.5 Å². The average Bonchev–Trinajstić information content (AvgIpc) is 2.80. The van der Waals surface area contributed by atoms with Crippen molar-refractivity contribution in [2.24, 2.45) is 28.6 Å². The van der Waals surface area contributed by atoms with Gasteiger partial charge in [0.1, 0.15) is 5.60 Å². The molecule has 0 aromatic carbocycles. The van der Waals surface area contributed by atoms with Crippen LogP contribution in [0.5, 0.6) is 0 Å². The van der Waals surface area contributed by atoms with Gasteiger partial charge in [-0.15, -0.1) is 6.42 Å². The van der Waals surface area contributed by atoms with Gasteiger partial charge in [-0.25, -0.2) is 0 Å². The van der Waals surface area contributed by atoms with E-state index in [0.717, 1.165) is 44.9 Å².